The van der Waals surface area contributed by atoms with Crippen molar-refractivity contribution in [2.75, 3.05) is 0 Å². The number of halogens is 1. The molecule has 11 heavy (non-hydrogen) atoms. The van der Waals surface area contributed by atoms with Crippen LogP contribution in [0.25, 0.3) is 0 Å². The van der Waals surface area contributed by atoms with E-state index in [4.69, 9.17) is 11.6 Å². The van der Waals surface area contributed by atoms with E-state index in [1.807, 2.05) is 0 Å². The molecule has 0 spiro atoms. The Morgan fingerprint density at radius 3 is 2.55 bits per heavy atom. The molecule has 0 aromatic heterocycles. The van der Waals surface area contributed by atoms with Gasteiger partial charge in [0.2, 0.25) is 0 Å². The summed E-state index contributed by atoms with van der Waals surface area (Å²) in [5.41, 5.74) is 0. The first-order valence-corrected chi connectivity index (χ1v) is 4.65. The Morgan fingerprint density at radius 2 is 2.18 bits per heavy atom. The van der Waals surface area contributed by atoms with Crippen molar-refractivity contribution in [1.29, 1.82) is 0 Å². The molecule has 1 aliphatic rings. The van der Waals surface area contributed by atoms with E-state index in [1.54, 1.807) is 6.92 Å². The molecule has 1 aliphatic carbocycles. The summed E-state index contributed by atoms with van der Waals surface area (Å²) in [6.45, 7) is 3.68. The lowest BCUT2D eigenvalue weighted by Crippen LogP contribution is -2.40. The molecule has 0 aromatic rings. The van der Waals surface area contributed by atoms with E-state index in [0.717, 1.165) is 19.3 Å². The van der Waals surface area contributed by atoms with Gasteiger partial charge in [0.25, 0.3) is 0 Å². The molecule has 1 saturated carbocycles. The van der Waals surface area contributed by atoms with Crippen LogP contribution in [0.4, 0.5) is 0 Å². The molecule has 0 N–H and O–H groups in total. The minimum Gasteiger partial charge on any atom is -0.298 e. The lowest BCUT2D eigenvalue weighted by molar-refractivity contribution is -0.121. The fraction of sp³-hybridized carbons (Fsp3) is 0.889. The summed E-state index contributed by atoms with van der Waals surface area (Å²) in [5, 5.41) is 0. The smallest absolute Gasteiger partial charge is 0.150 e. The van der Waals surface area contributed by atoms with Gasteiger partial charge < -0.3 is 0 Å². The van der Waals surface area contributed by atoms with Crippen molar-refractivity contribution in [3.63, 3.8) is 0 Å². The minimum atomic E-state index is -0.530. The number of rotatable bonds is 1. The standard InChI is InChI=1S/C9H15ClO/c1-7-5-3-4-6-9(7,10)8(2)11/h7H,3-6H2,1-2H3. The largest absolute Gasteiger partial charge is 0.298 e. The highest BCUT2D eigenvalue weighted by atomic mass is 35.5. The highest BCUT2D eigenvalue weighted by Gasteiger charge is 2.40. The van der Waals surface area contributed by atoms with Gasteiger partial charge in [0.15, 0.2) is 5.78 Å². The van der Waals surface area contributed by atoms with Gasteiger partial charge in [-0.05, 0) is 25.7 Å². The molecule has 0 radical (unpaired) electrons. The highest BCUT2D eigenvalue weighted by molar-refractivity contribution is 6.35. The van der Waals surface area contributed by atoms with Gasteiger partial charge in [-0.1, -0.05) is 19.8 Å². The van der Waals surface area contributed by atoms with Crippen molar-refractivity contribution in [1.82, 2.24) is 0 Å². The Hall–Kier alpha value is -0.0400. The Morgan fingerprint density at radius 1 is 1.55 bits per heavy atom. The minimum absolute atomic E-state index is 0.145. The van der Waals surface area contributed by atoms with E-state index in [1.165, 1.54) is 6.42 Å². The number of carbonyl (C=O) groups excluding carboxylic acids is 1. The number of carbonyl (C=O) groups is 1. The molecule has 2 atom stereocenters. The van der Waals surface area contributed by atoms with E-state index < -0.39 is 4.87 Å². The first-order valence-electron chi connectivity index (χ1n) is 4.27. The molecule has 1 fully saturated rings. The van der Waals surface area contributed by atoms with E-state index in [-0.39, 0.29) is 5.78 Å². The van der Waals surface area contributed by atoms with E-state index in [9.17, 15) is 4.79 Å². The first kappa shape index (κ1) is 9.05. The van der Waals surface area contributed by atoms with Crippen LogP contribution in [0, 0.1) is 5.92 Å². The monoisotopic (exact) mass is 174 g/mol. The molecule has 64 valence electrons. The van der Waals surface area contributed by atoms with Crippen LogP contribution in [0.1, 0.15) is 39.5 Å². The second kappa shape index (κ2) is 3.14. The van der Waals surface area contributed by atoms with Crippen LogP contribution in [0.3, 0.4) is 0 Å². The maximum Gasteiger partial charge on any atom is 0.150 e. The zero-order chi connectivity index (χ0) is 8.48. The van der Waals surface area contributed by atoms with E-state index in [0.29, 0.717) is 5.92 Å². The molecule has 0 aliphatic heterocycles. The number of alkyl halides is 1. The second-order valence-electron chi connectivity index (χ2n) is 3.57. The summed E-state index contributed by atoms with van der Waals surface area (Å²) in [6, 6.07) is 0. The predicted octanol–water partition coefficient (Wildman–Crippen LogP) is 2.76. The zero-order valence-corrected chi connectivity index (χ0v) is 7.95. The van der Waals surface area contributed by atoms with Crippen molar-refractivity contribution < 1.29 is 4.79 Å². The summed E-state index contributed by atoms with van der Waals surface area (Å²) >= 11 is 6.21. The molecule has 0 saturated heterocycles. The van der Waals surface area contributed by atoms with Crippen molar-refractivity contribution >= 4 is 17.4 Å². The average molecular weight is 175 g/mol. The Bertz CT molecular complexity index is 167. The molecule has 1 rings (SSSR count). The third-order valence-electron chi connectivity index (χ3n) is 2.79. The molecule has 0 bridgehead atoms. The van der Waals surface area contributed by atoms with Crippen molar-refractivity contribution in [2.24, 2.45) is 5.92 Å². The van der Waals surface area contributed by atoms with Gasteiger partial charge in [0.05, 0.1) is 0 Å². The summed E-state index contributed by atoms with van der Waals surface area (Å²) in [6.07, 6.45) is 4.30. The maximum absolute atomic E-state index is 11.2. The van der Waals surface area contributed by atoms with Crippen LogP contribution in [0.15, 0.2) is 0 Å². The predicted molar refractivity (Wildman–Crippen MR) is 46.9 cm³/mol. The van der Waals surface area contributed by atoms with Gasteiger partial charge in [-0.2, -0.15) is 0 Å². The normalized spacial score (nSPS) is 38.6. The first-order chi connectivity index (χ1) is 5.07. The van der Waals surface area contributed by atoms with Crippen LogP contribution in [0.5, 0.6) is 0 Å². The Labute approximate surface area is 73.1 Å². The molecule has 1 nitrogen and oxygen atoms in total. The van der Waals surface area contributed by atoms with Gasteiger partial charge >= 0.3 is 0 Å². The molecule has 2 heteroatoms. The summed E-state index contributed by atoms with van der Waals surface area (Å²) < 4.78 is 0. The van der Waals surface area contributed by atoms with Crippen LogP contribution < -0.4 is 0 Å². The SMILES string of the molecule is CC(=O)C1(Cl)CCCCC1C. The molecular formula is C9H15ClO. The van der Waals surface area contributed by atoms with Gasteiger partial charge in [0, 0.05) is 0 Å². The van der Waals surface area contributed by atoms with E-state index in [2.05, 4.69) is 6.92 Å². The number of hydrogen-bond acceptors (Lipinski definition) is 1. The third kappa shape index (κ3) is 1.58. The number of Topliss-reactive ketones (excluding diaryl/α,β-unsaturated/α-hetero) is 1. The Balaban J connectivity index is 2.72. The van der Waals surface area contributed by atoms with Crippen LogP contribution >= 0.6 is 11.6 Å². The van der Waals surface area contributed by atoms with Gasteiger partial charge in [-0.25, -0.2) is 0 Å². The number of ketones is 1. The van der Waals surface area contributed by atoms with Crippen molar-refractivity contribution in [2.45, 2.75) is 44.4 Å². The third-order valence-corrected chi connectivity index (χ3v) is 3.62. The molecule has 0 aromatic carbocycles. The number of hydrogen-bond donors (Lipinski definition) is 0. The lowest BCUT2D eigenvalue weighted by Gasteiger charge is -2.34. The fourth-order valence-electron chi connectivity index (χ4n) is 1.83. The van der Waals surface area contributed by atoms with Gasteiger partial charge in [-0.15, -0.1) is 11.6 Å². The molecule has 0 amide bonds. The average Bonchev–Trinajstić information content (AvgIpc) is 1.95. The van der Waals surface area contributed by atoms with Gasteiger partial charge in [-0.3, -0.25) is 4.79 Å². The quantitative estimate of drug-likeness (QED) is 0.559. The summed E-state index contributed by atoms with van der Waals surface area (Å²) in [5.74, 6) is 0.502. The fourth-order valence-corrected chi connectivity index (χ4v) is 2.07. The maximum atomic E-state index is 11.2. The second-order valence-corrected chi connectivity index (χ2v) is 4.24. The van der Waals surface area contributed by atoms with E-state index >= 15 is 0 Å². The topological polar surface area (TPSA) is 17.1 Å². The molecule has 0 heterocycles. The van der Waals surface area contributed by atoms with Gasteiger partial charge in [0.1, 0.15) is 4.87 Å². The zero-order valence-electron chi connectivity index (χ0n) is 7.19. The lowest BCUT2D eigenvalue weighted by atomic mass is 9.77. The van der Waals surface area contributed by atoms with Crippen LogP contribution in [-0.2, 0) is 4.79 Å². The van der Waals surface area contributed by atoms with Crippen LogP contribution in [-0.4, -0.2) is 10.7 Å². The summed E-state index contributed by atoms with van der Waals surface area (Å²) in [4.78, 5) is 10.7. The van der Waals surface area contributed by atoms with Crippen molar-refractivity contribution in [3.8, 4) is 0 Å². The van der Waals surface area contributed by atoms with Crippen molar-refractivity contribution in [3.05, 3.63) is 0 Å². The molecule has 2 unspecified atom stereocenters. The van der Waals surface area contributed by atoms with Crippen LogP contribution in [0.2, 0.25) is 0 Å². The highest BCUT2D eigenvalue weighted by Crippen LogP contribution is 2.39. The Kier molecular flexibility index (Phi) is 2.58. The summed E-state index contributed by atoms with van der Waals surface area (Å²) in [7, 11) is 0. The molecular weight excluding hydrogens is 160 g/mol.